The second-order valence-electron chi connectivity index (χ2n) is 8.28. The number of piperidine rings is 1. The monoisotopic (exact) mass is 392 g/mol. The van der Waals surface area contributed by atoms with E-state index in [4.69, 9.17) is 0 Å². The van der Waals surface area contributed by atoms with Gasteiger partial charge < -0.3 is 5.32 Å². The molecular weight excluding hydrogens is 364 g/mol. The number of nitrogens with zero attached hydrogens (tertiary/aromatic N) is 1. The lowest BCUT2D eigenvalue weighted by Crippen LogP contribution is -2.55. The summed E-state index contributed by atoms with van der Waals surface area (Å²) in [6, 6.07) is 8.21. The third-order valence-electron chi connectivity index (χ3n) is 5.78. The van der Waals surface area contributed by atoms with Crippen molar-refractivity contribution >= 4 is 21.8 Å². The first-order chi connectivity index (χ1) is 11.3. The first kappa shape index (κ1) is 17.9. The first-order valence-electron chi connectivity index (χ1n) is 9.13. The predicted molar refractivity (Wildman–Crippen MR) is 102 cm³/mol. The van der Waals surface area contributed by atoms with Gasteiger partial charge >= 0.3 is 0 Å². The van der Waals surface area contributed by atoms with Gasteiger partial charge in [0.25, 0.3) is 0 Å². The molecule has 3 rings (SSSR count). The van der Waals surface area contributed by atoms with Crippen LogP contribution in [0.3, 0.4) is 0 Å². The molecule has 0 aromatic heterocycles. The van der Waals surface area contributed by atoms with Crippen molar-refractivity contribution in [3.8, 4) is 0 Å². The molecule has 1 atom stereocenters. The van der Waals surface area contributed by atoms with E-state index in [1.54, 1.807) is 0 Å². The van der Waals surface area contributed by atoms with E-state index < -0.39 is 0 Å². The van der Waals surface area contributed by atoms with Gasteiger partial charge in [0.05, 0.1) is 5.41 Å². The van der Waals surface area contributed by atoms with Gasteiger partial charge in [-0.25, -0.2) is 0 Å². The molecule has 0 radical (unpaired) electrons. The Labute approximate surface area is 154 Å². The maximum Gasteiger partial charge on any atom is 0.230 e. The van der Waals surface area contributed by atoms with Crippen LogP contribution in [0.1, 0.15) is 52.0 Å². The van der Waals surface area contributed by atoms with E-state index in [1.807, 2.05) is 12.1 Å². The largest absolute Gasteiger partial charge is 0.353 e. The zero-order valence-electron chi connectivity index (χ0n) is 15.1. The molecule has 1 aromatic rings. The topological polar surface area (TPSA) is 32.3 Å². The Balaban J connectivity index is 1.61. The highest BCUT2D eigenvalue weighted by Gasteiger charge is 2.51. The second kappa shape index (κ2) is 6.80. The molecule has 132 valence electrons. The lowest BCUT2D eigenvalue weighted by atomic mass is 9.92. The average molecular weight is 393 g/mol. The summed E-state index contributed by atoms with van der Waals surface area (Å²) in [5.41, 5.74) is 0.874. The summed E-state index contributed by atoms with van der Waals surface area (Å²) < 4.78 is 1.06. The minimum absolute atomic E-state index is 0.0140. The van der Waals surface area contributed by atoms with E-state index >= 15 is 0 Å². The second-order valence-corrected chi connectivity index (χ2v) is 9.19. The van der Waals surface area contributed by atoms with Crippen molar-refractivity contribution in [3.05, 3.63) is 34.3 Å². The molecule has 1 N–H and O–H groups in total. The predicted octanol–water partition coefficient (Wildman–Crippen LogP) is 4.11. The number of halogens is 1. The molecule has 1 aliphatic heterocycles. The summed E-state index contributed by atoms with van der Waals surface area (Å²) in [5.74, 6) is 0.953. The molecule has 0 bridgehead atoms. The number of benzene rings is 1. The van der Waals surface area contributed by atoms with Crippen molar-refractivity contribution in [1.82, 2.24) is 10.2 Å². The molecule has 24 heavy (non-hydrogen) atoms. The molecule has 2 fully saturated rings. The third kappa shape index (κ3) is 3.70. The fourth-order valence-corrected chi connectivity index (χ4v) is 4.12. The molecule has 2 aliphatic rings. The van der Waals surface area contributed by atoms with Crippen LogP contribution >= 0.6 is 15.9 Å². The average Bonchev–Trinajstić information content (AvgIpc) is 3.35. The van der Waals surface area contributed by atoms with Crippen molar-refractivity contribution in [2.75, 3.05) is 19.6 Å². The summed E-state index contributed by atoms with van der Waals surface area (Å²) in [5, 5.41) is 3.26. The maximum absolute atomic E-state index is 12.9. The SMILES string of the molecule is C[C@H]1CCCN(C(C)(C)CNC(=O)C2(c3ccc(Br)cc3)CC2)C1. The molecule has 1 aliphatic carbocycles. The van der Waals surface area contributed by atoms with E-state index in [0.29, 0.717) is 0 Å². The summed E-state index contributed by atoms with van der Waals surface area (Å²) in [6.07, 6.45) is 4.51. The standard InChI is InChI=1S/C20H29BrN2O/c1-15-5-4-12-23(13-15)19(2,3)14-22-18(24)20(10-11-20)16-6-8-17(21)9-7-16/h6-9,15H,4-5,10-14H2,1-3H3,(H,22,24)/t15-/m0/s1. The van der Waals surface area contributed by atoms with Crippen molar-refractivity contribution < 1.29 is 4.79 Å². The molecular formula is C20H29BrN2O. The maximum atomic E-state index is 12.9. The van der Waals surface area contributed by atoms with Crippen LogP contribution < -0.4 is 5.32 Å². The smallest absolute Gasteiger partial charge is 0.230 e. The number of likely N-dealkylation sites (tertiary alicyclic amines) is 1. The molecule has 3 nitrogen and oxygen atoms in total. The van der Waals surface area contributed by atoms with Crippen LogP contribution in [0.25, 0.3) is 0 Å². The number of amides is 1. The van der Waals surface area contributed by atoms with Crippen LogP contribution in [0.5, 0.6) is 0 Å². The number of nitrogens with one attached hydrogen (secondary N) is 1. The Hall–Kier alpha value is -0.870. The Kier molecular flexibility index (Phi) is 5.08. The van der Waals surface area contributed by atoms with E-state index in [1.165, 1.54) is 12.8 Å². The number of hydrogen-bond acceptors (Lipinski definition) is 2. The summed E-state index contributed by atoms with van der Waals surface area (Å²) in [6.45, 7) is 9.84. The lowest BCUT2D eigenvalue weighted by Gasteiger charge is -2.43. The minimum atomic E-state index is -0.286. The first-order valence-corrected chi connectivity index (χ1v) is 9.92. The minimum Gasteiger partial charge on any atom is -0.353 e. The van der Waals surface area contributed by atoms with Crippen LogP contribution in [0.4, 0.5) is 0 Å². The van der Waals surface area contributed by atoms with Gasteiger partial charge in [-0.2, -0.15) is 0 Å². The quantitative estimate of drug-likeness (QED) is 0.817. The number of rotatable bonds is 5. The summed E-state index contributed by atoms with van der Waals surface area (Å²) in [7, 11) is 0. The molecule has 0 unspecified atom stereocenters. The van der Waals surface area contributed by atoms with Crippen molar-refractivity contribution in [3.63, 3.8) is 0 Å². The van der Waals surface area contributed by atoms with E-state index in [2.05, 4.69) is 59.1 Å². The molecule has 4 heteroatoms. The number of hydrogen-bond donors (Lipinski definition) is 1. The fraction of sp³-hybridized carbons (Fsp3) is 0.650. The lowest BCUT2D eigenvalue weighted by molar-refractivity contribution is -0.124. The van der Waals surface area contributed by atoms with Gasteiger partial charge in [0.1, 0.15) is 0 Å². The van der Waals surface area contributed by atoms with Gasteiger partial charge in [0.2, 0.25) is 5.91 Å². The van der Waals surface area contributed by atoms with Gasteiger partial charge in [-0.05, 0) is 69.7 Å². The van der Waals surface area contributed by atoms with Gasteiger partial charge in [-0.15, -0.1) is 0 Å². The normalized spacial score (nSPS) is 23.8. The molecule has 1 amide bonds. The van der Waals surface area contributed by atoms with Crippen LogP contribution in [0.15, 0.2) is 28.7 Å². The van der Waals surface area contributed by atoms with Crippen molar-refractivity contribution in [2.45, 2.75) is 57.4 Å². The zero-order chi connectivity index (χ0) is 17.4. The van der Waals surface area contributed by atoms with Gasteiger partial charge in [-0.1, -0.05) is 35.0 Å². The summed E-state index contributed by atoms with van der Waals surface area (Å²) in [4.78, 5) is 15.4. The van der Waals surface area contributed by atoms with Crippen LogP contribution in [-0.2, 0) is 10.2 Å². The number of carbonyl (C=O) groups excluding carboxylic acids is 1. The Morgan fingerprint density at radius 2 is 2.00 bits per heavy atom. The van der Waals surface area contributed by atoms with E-state index in [-0.39, 0.29) is 16.9 Å². The van der Waals surface area contributed by atoms with Crippen LogP contribution in [0.2, 0.25) is 0 Å². The molecule has 1 saturated carbocycles. The highest BCUT2D eigenvalue weighted by molar-refractivity contribution is 9.10. The van der Waals surface area contributed by atoms with Crippen molar-refractivity contribution in [1.29, 1.82) is 0 Å². The zero-order valence-corrected chi connectivity index (χ0v) is 16.7. The van der Waals surface area contributed by atoms with E-state index in [9.17, 15) is 4.79 Å². The van der Waals surface area contributed by atoms with Gasteiger partial charge in [-0.3, -0.25) is 9.69 Å². The highest BCUT2D eigenvalue weighted by atomic mass is 79.9. The Morgan fingerprint density at radius 3 is 2.58 bits per heavy atom. The van der Waals surface area contributed by atoms with E-state index in [0.717, 1.165) is 48.4 Å². The Morgan fingerprint density at radius 1 is 1.33 bits per heavy atom. The van der Waals surface area contributed by atoms with Crippen molar-refractivity contribution in [2.24, 2.45) is 5.92 Å². The molecule has 0 spiro atoms. The highest BCUT2D eigenvalue weighted by Crippen LogP contribution is 2.48. The van der Waals surface area contributed by atoms with Gasteiger partial charge in [0.15, 0.2) is 0 Å². The Bertz CT molecular complexity index is 592. The molecule has 1 saturated heterocycles. The van der Waals surface area contributed by atoms with Crippen LogP contribution in [-0.4, -0.2) is 36.0 Å². The summed E-state index contributed by atoms with van der Waals surface area (Å²) >= 11 is 3.47. The fourth-order valence-electron chi connectivity index (χ4n) is 3.86. The third-order valence-corrected chi connectivity index (χ3v) is 6.30. The number of carbonyl (C=O) groups is 1. The van der Waals surface area contributed by atoms with Gasteiger partial charge in [0, 0.05) is 23.1 Å². The molecule has 1 aromatic carbocycles. The molecule has 1 heterocycles. The van der Waals surface area contributed by atoms with Crippen LogP contribution in [0, 0.1) is 5.92 Å².